The van der Waals surface area contributed by atoms with E-state index in [9.17, 15) is 9.59 Å². The molecule has 0 unspecified atom stereocenters. The van der Waals surface area contributed by atoms with Gasteiger partial charge in [0.1, 0.15) is 11.4 Å². The van der Waals surface area contributed by atoms with Crippen LogP contribution in [-0.2, 0) is 0 Å². The molecule has 1 aromatic carbocycles. The van der Waals surface area contributed by atoms with Crippen LogP contribution in [0.15, 0.2) is 33.0 Å². The maximum atomic E-state index is 11.9. The van der Waals surface area contributed by atoms with Gasteiger partial charge in [-0.3, -0.25) is 9.59 Å². The van der Waals surface area contributed by atoms with Crippen LogP contribution in [0.2, 0.25) is 0 Å². The van der Waals surface area contributed by atoms with Crippen LogP contribution in [0.5, 0.6) is 0 Å². The highest BCUT2D eigenvalue weighted by Gasteiger charge is 2.26. The Bertz CT molecular complexity index is 721. The molecule has 3 rings (SSSR count). The normalized spacial score (nSPS) is 19.6. The Morgan fingerprint density at radius 3 is 2.17 bits per heavy atom. The van der Waals surface area contributed by atoms with E-state index < -0.39 is 5.43 Å². The molecule has 0 aromatic heterocycles. The molecule has 4 nitrogen and oxygen atoms in total. The molecule has 23 heavy (non-hydrogen) atoms. The van der Waals surface area contributed by atoms with Crippen LogP contribution < -0.4 is 21.5 Å². The summed E-state index contributed by atoms with van der Waals surface area (Å²) in [6, 6.07) is 0.339. The SMILES string of the molecule is CC(C)(C)C1=CC=C(Nc2c(NC3CCCC3)c(=O)c2=O)CC1. The van der Waals surface area contributed by atoms with Crippen LogP contribution in [0.25, 0.3) is 0 Å². The minimum atomic E-state index is -0.392. The monoisotopic (exact) mass is 314 g/mol. The molecule has 2 aliphatic carbocycles. The number of nitrogens with one attached hydrogen (secondary N) is 2. The number of allylic oxidation sites excluding steroid dienone is 4. The van der Waals surface area contributed by atoms with Crippen LogP contribution in [0.3, 0.4) is 0 Å². The fraction of sp³-hybridized carbons (Fsp3) is 0.579. The van der Waals surface area contributed by atoms with Crippen LogP contribution >= 0.6 is 0 Å². The minimum Gasteiger partial charge on any atom is -0.377 e. The van der Waals surface area contributed by atoms with Crippen LogP contribution in [0.4, 0.5) is 11.4 Å². The van der Waals surface area contributed by atoms with Gasteiger partial charge in [0.05, 0.1) is 0 Å². The van der Waals surface area contributed by atoms with Gasteiger partial charge in [-0.05, 0) is 37.2 Å². The van der Waals surface area contributed by atoms with E-state index in [1.165, 1.54) is 18.4 Å². The Balaban J connectivity index is 1.73. The van der Waals surface area contributed by atoms with E-state index in [1.807, 2.05) is 6.08 Å². The molecular weight excluding hydrogens is 288 g/mol. The molecule has 0 bridgehead atoms. The lowest BCUT2D eigenvalue weighted by Gasteiger charge is -2.27. The first kappa shape index (κ1) is 16.0. The van der Waals surface area contributed by atoms with Crippen molar-refractivity contribution in [3.05, 3.63) is 43.9 Å². The molecule has 0 spiro atoms. The van der Waals surface area contributed by atoms with Gasteiger partial charge in [-0.25, -0.2) is 0 Å². The first-order valence-electron chi connectivity index (χ1n) is 8.63. The van der Waals surface area contributed by atoms with Gasteiger partial charge in [-0.1, -0.05) is 45.3 Å². The van der Waals surface area contributed by atoms with Crippen molar-refractivity contribution in [2.75, 3.05) is 10.6 Å². The minimum absolute atomic E-state index is 0.179. The zero-order valence-corrected chi connectivity index (χ0v) is 14.3. The smallest absolute Gasteiger partial charge is 0.253 e. The van der Waals surface area contributed by atoms with Crippen LogP contribution in [0, 0.1) is 5.41 Å². The third-order valence-electron chi connectivity index (χ3n) is 5.01. The topological polar surface area (TPSA) is 58.2 Å². The fourth-order valence-corrected chi connectivity index (χ4v) is 3.45. The highest BCUT2D eigenvalue weighted by Crippen LogP contribution is 2.33. The third-order valence-corrected chi connectivity index (χ3v) is 5.01. The van der Waals surface area contributed by atoms with Gasteiger partial charge in [0, 0.05) is 11.7 Å². The molecule has 1 saturated carbocycles. The summed E-state index contributed by atoms with van der Waals surface area (Å²) < 4.78 is 0. The molecule has 0 saturated heterocycles. The van der Waals surface area contributed by atoms with E-state index in [1.54, 1.807) is 0 Å². The number of hydrogen-bond donors (Lipinski definition) is 2. The van der Waals surface area contributed by atoms with Gasteiger partial charge in [0.2, 0.25) is 0 Å². The lowest BCUT2D eigenvalue weighted by molar-refractivity contribution is 0.479. The summed E-state index contributed by atoms with van der Waals surface area (Å²) in [5.74, 6) is 0. The average molecular weight is 314 g/mol. The predicted molar refractivity (Wildman–Crippen MR) is 95.7 cm³/mol. The molecule has 0 atom stereocenters. The molecule has 2 N–H and O–H groups in total. The Kier molecular flexibility index (Phi) is 4.17. The van der Waals surface area contributed by atoms with Crippen molar-refractivity contribution in [1.29, 1.82) is 0 Å². The van der Waals surface area contributed by atoms with E-state index >= 15 is 0 Å². The second-order valence-electron chi connectivity index (χ2n) is 7.79. The summed E-state index contributed by atoms with van der Waals surface area (Å²) in [6.07, 6.45) is 10.6. The summed E-state index contributed by atoms with van der Waals surface area (Å²) in [4.78, 5) is 23.7. The van der Waals surface area contributed by atoms with Gasteiger partial charge >= 0.3 is 0 Å². The molecule has 0 heterocycles. The van der Waals surface area contributed by atoms with E-state index in [0.717, 1.165) is 31.4 Å². The van der Waals surface area contributed by atoms with Crippen LogP contribution in [-0.4, -0.2) is 6.04 Å². The van der Waals surface area contributed by atoms with Gasteiger partial charge in [-0.15, -0.1) is 0 Å². The number of hydrogen-bond acceptors (Lipinski definition) is 4. The quantitative estimate of drug-likeness (QED) is 0.832. The van der Waals surface area contributed by atoms with Crippen molar-refractivity contribution < 1.29 is 0 Å². The van der Waals surface area contributed by atoms with Gasteiger partial charge in [-0.2, -0.15) is 0 Å². The maximum Gasteiger partial charge on any atom is 0.253 e. The molecule has 0 aliphatic heterocycles. The Hall–Kier alpha value is -1.84. The van der Waals surface area contributed by atoms with Crippen LogP contribution in [0.1, 0.15) is 59.3 Å². The van der Waals surface area contributed by atoms with Gasteiger partial charge < -0.3 is 10.6 Å². The third kappa shape index (κ3) is 3.26. The zero-order chi connectivity index (χ0) is 16.6. The average Bonchev–Trinajstić information content (AvgIpc) is 3.03. The van der Waals surface area contributed by atoms with Crippen molar-refractivity contribution in [2.24, 2.45) is 5.41 Å². The predicted octanol–water partition coefficient (Wildman–Crippen LogP) is 3.70. The second kappa shape index (κ2) is 5.99. The first-order valence-corrected chi connectivity index (χ1v) is 8.63. The summed E-state index contributed by atoms with van der Waals surface area (Å²) in [6.45, 7) is 6.64. The zero-order valence-electron chi connectivity index (χ0n) is 14.3. The van der Waals surface area contributed by atoms with Crippen molar-refractivity contribution in [1.82, 2.24) is 0 Å². The second-order valence-corrected chi connectivity index (χ2v) is 7.79. The van der Waals surface area contributed by atoms with E-state index in [0.29, 0.717) is 17.4 Å². The molecule has 0 radical (unpaired) electrons. The molecule has 1 fully saturated rings. The highest BCUT2D eigenvalue weighted by molar-refractivity contribution is 5.76. The summed E-state index contributed by atoms with van der Waals surface area (Å²) in [5.41, 5.74) is 2.79. The largest absolute Gasteiger partial charge is 0.377 e. The summed E-state index contributed by atoms with van der Waals surface area (Å²) >= 11 is 0. The number of rotatable bonds is 4. The number of anilines is 2. The van der Waals surface area contributed by atoms with Crippen molar-refractivity contribution in [3.63, 3.8) is 0 Å². The van der Waals surface area contributed by atoms with Gasteiger partial charge in [0.15, 0.2) is 0 Å². The Labute approximate surface area is 137 Å². The maximum absolute atomic E-state index is 11.9. The molecule has 4 heteroatoms. The van der Waals surface area contributed by atoms with Gasteiger partial charge in [0.25, 0.3) is 10.9 Å². The summed E-state index contributed by atoms with van der Waals surface area (Å²) in [5, 5.41) is 6.47. The lowest BCUT2D eigenvalue weighted by Crippen LogP contribution is -2.39. The Morgan fingerprint density at radius 1 is 0.957 bits per heavy atom. The van der Waals surface area contributed by atoms with E-state index in [2.05, 4.69) is 37.5 Å². The lowest BCUT2D eigenvalue weighted by atomic mass is 9.81. The van der Waals surface area contributed by atoms with Crippen molar-refractivity contribution in [3.8, 4) is 0 Å². The molecule has 0 amide bonds. The molecular formula is C19H26N2O2. The molecule has 2 aliphatic rings. The molecule has 124 valence electrons. The first-order chi connectivity index (χ1) is 10.9. The summed E-state index contributed by atoms with van der Waals surface area (Å²) in [7, 11) is 0. The Morgan fingerprint density at radius 2 is 1.61 bits per heavy atom. The molecule has 1 aromatic rings. The fourth-order valence-electron chi connectivity index (χ4n) is 3.45. The van der Waals surface area contributed by atoms with Crippen molar-refractivity contribution in [2.45, 2.75) is 65.3 Å². The highest BCUT2D eigenvalue weighted by atomic mass is 16.2. The standard InChI is InChI=1S/C19H26N2O2/c1-19(2,3)12-8-10-14(11-9-12)21-16-15(17(22)18(16)23)20-13-6-4-5-7-13/h8,10,13,20-21H,4-7,9,11H2,1-3H3. The van der Waals surface area contributed by atoms with E-state index in [4.69, 9.17) is 0 Å². The van der Waals surface area contributed by atoms with E-state index in [-0.39, 0.29) is 10.8 Å². The van der Waals surface area contributed by atoms with Crippen molar-refractivity contribution >= 4 is 11.4 Å².